The number of carbonyl (C=O) groups is 1. The summed E-state index contributed by atoms with van der Waals surface area (Å²) >= 11 is 0. The van der Waals surface area contributed by atoms with Crippen molar-refractivity contribution in [3.8, 4) is 5.75 Å². The Morgan fingerprint density at radius 3 is 2.75 bits per heavy atom. The number of nitrogens with one attached hydrogen (secondary N) is 1. The van der Waals surface area contributed by atoms with E-state index in [0.29, 0.717) is 24.8 Å². The molecule has 0 spiro atoms. The fourth-order valence-electron chi connectivity index (χ4n) is 3.42. The molecule has 0 radical (unpaired) electrons. The molecule has 108 valence electrons. The summed E-state index contributed by atoms with van der Waals surface area (Å²) in [7, 11) is 0. The Kier molecular flexibility index (Phi) is 3.66. The van der Waals surface area contributed by atoms with Gasteiger partial charge in [-0.1, -0.05) is 37.5 Å². The molecule has 1 heterocycles. The lowest BCUT2D eigenvalue weighted by Crippen LogP contribution is -2.56. The number of aliphatic carboxylic acids is 1. The fraction of sp³-hybridized carbons (Fsp3) is 0.562. The summed E-state index contributed by atoms with van der Waals surface area (Å²) in [5, 5.41) is 13.3. The maximum atomic E-state index is 12.0. The zero-order valence-corrected chi connectivity index (χ0v) is 11.6. The fourth-order valence-corrected chi connectivity index (χ4v) is 3.42. The van der Waals surface area contributed by atoms with Gasteiger partial charge in [0, 0.05) is 18.0 Å². The summed E-state index contributed by atoms with van der Waals surface area (Å²) < 4.78 is 5.61. The van der Waals surface area contributed by atoms with Gasteiger partial charge in [-0.05, 0) is 18.9 Å². The van der Waals surface area contributed by atoms with E-state index in [2.05, 4.69) is 5.32 Å². The Hall–Kier alpha value is -1.55. The number of benzene rings is 1. The van der Waals surface area contributed by atoms with Gasteiger partial charge in [-0.25, -0.2) is 4.79 Å². The van der Waals surface area contributed by atoms with Crippen molar-refractivity contribution in [3.05, 3.63) is 29.8 Å². The highest BCUT2D eigenvalue weighted by atomic mass is 16.5. The number of hydrogen-bond donors (Lipinski definition) is 2. The zero-order valence-electron chi connectivity index (χ0n) is 11.6. The molecule has 4 nitrogen and oxygen atoms in total. The summed E-state index contributed by atoms with van der Waals surface area (Å²) in [5.74, 6) is -0.0942. The van der Waals surface area contributed by atoms with Crippen molar-refractivity contribution in [2.24, 2.45) is 0 Å². The number of ether oxygens (including phenoxy) is 1. The molecule has 20 heavy (non-hydrogen) atoms. The normalized spacial score (nSPS) is 26.6. The highest BCUT2D eigenvalue weighted by Gasteiger charge is 2.45. The summed E-state index contributed by atoms with van der Waals surface area (Å²) in [4.78, 5) is 12.0. The van der Waals surface area contributed by atoms with Crippen LogP contribution >= 0.6 is 0 Å². The molecule has 2 N–H and O–H groups in total. The SMILES string of the molecule is O=C(O)C1(NC2CCCCC2)CCOc2ccccc21. The van der Waals surface area contributed by atoms with Crippen LogP contribution in [0.5, 0.6) is 5.75 Å². The molecule has 1 aliphatic heterocycles. The molecular weight excluding hydrogens is 254 g/mol. The second-order valence-corrected chi connectivity index (χ2v) is 5.78. The molecular formula is C16H21NO3. The topological polar surface area (TPSA) is 58.6 Å². The molecule has 1 fully saturated rings. The van der Waals surface area contributed by atoms with Gasteiger partial charge in [0.15, 0.2) is 0 Å². The van der Waals surface area contributed by atoms with E-state index >= 15 is 0 Å². The molecule has 0 amide bonds. The van der Waals surface area contributed by atoms with Crippen molar-refractivity contribution in [2.75, 3.05) is 6.61 Å². The lowest BCUT2D eigenvalue weighted by atomic mass is 9.82. The van der Waals surface area contributed by atoms with Crippen molar-refractivity contribution >= 4 is 5.97 Å². The van der Waals surface area contributed by atoms with Crippen LogP contribution in [0.2, 0.25) is 0 Å². The molecule has 0 bridgehead atoms. The van der Waals surface area contributed by atoms with Crippen molar-refractivity contribution in [1.82, 2.24) is 5.32 Å². The van der Waals surface area contributed by atoms with E-state index < -0.39 is 11.5 Å². The summed E-state index contributed by atoms with van der Waals surface area (Å²) in [5.41, 5.74) is -0.221. The minimum absolute atomic E-state index is 0.297. The smallest absolute Gasteiger partial charge is 0.328 e. The second kappa shape index (κ2) is 5.44. The van der Waals surface area contributed by atoms with Crippen LogP contribution in [0.4, 0.5) is 0 Å². The first-order valence-electron chi connectivity index (χ1n) is 7.46. The Morgan fingerprint density at radius 2 is 2.00 bits per heavy atom. The predicted octanol–water partition coefficient (Wildman–Crippen LogP) is 2.67. The minimum atomic E-state index is -0.989. The predicted molar refractivity (Wildman–Crippen MR) is 75.9 cm³/mol. The molecule has 1 aliphatic carbocycles. The van der Waals surface area contributed by atoms with Gasteiger partial charge in [-0.15, -0.1) is 0 Å². The highest BCUT2D eigenvalue weighted by molar-refractivity contribution is 5.82. The maximum absolute atomic E-state index is 12.0. The van der Waals surface area contributed by atoms with Crippen molar-refractivity contribution in [2.45, 2.75) is 50.1 Å². The zero-order chi connectivity index (χ0) is 14.0. The molecule has 3 rings (SSSR count). The van der Waals surface area contributed by atoms with E-state index in [9.17, 15) is 9.90 Å². The first-order chi connectivity index (χ1) is 9.72. The van der Waals surface area contributed by atoms with E-state index in [1.807, 2.05) is 24.3 Å². The molecule has 1 aromatic carbocycles. The molecule has 0 saturated heterocycles. The Bertz CT molecular complexity index is 496. The molecule has 1 atom stereocenters. The Labute approximate surface area is 119 Å². The number of fused-ring (bicyclic) bond motifs is 1. The van der Waals surface area contributed by atoms with Crippen molar-refractivity contribution in [1.29, 1.82) is 0 Å². The summed E-state index contributed by atoms with van der Waals surface area (Å²) in [6.07, 6.45) is 6.25. The lowest BCUT2D eigenvalue weighted by Gasteiger charge is -2.39. The Morgan fingerprint density at radius 1 is 1.25 bits per heavy atom. The highest BCUT2D eigenvalue weighted by Crippen LogP contribution is 2.38. The van der Waals surface area contributed by atoms with Gasteiger partial charge in [-0.3, -0.25) is 5.32 Å². The van der Waals surface area contributed by atoms with Crippen molar-refractivity contribution < 1.29 is 14.6 Å². The summed E-state index contributed by atoms with van der Waals surface area (Å²) in [6.45, 7) is 0.447. The lowest BCUT2D eigenvalue weighted by molar-refractivity contribution is -0.147. The first kappa shape index (κ1) is 13.4. The van der Waals surface area contributed by atoms with Gasteiger partial charge >= 0.3 is 5.97 Å². The number of rotatable bonds is 3. The third-order valence-electron chi connectivity index (χ3n) is 4.50. The van der Waals surface area contributed by atoms with Crippen LogP contribution in [0.25, 0.3) is 0 Å². The van der Waals surface area contributed by atoms with Gasteiger partial charge < -0.3 is 9.84 Å². The van der Waals surface area contributed by atoms with Crippen LogP contribution in [-0.2, 0) is 10.3 Å². The van der Waals surface area contributed by atoms with Crippen LogP contribution in [0.15, 0.2) is 24.3 Å². The van der Waals surface area contributed by atoms with Gasteiger partial charge in [0.05, 0.1) is 6.61 Å². The number of carboxylic acid groups (broad SMARTS) is 1. The van der Waals surface area contributed by atoms with Gasteiger partial charge in [0.2, 0.25) is 0 Å². The van der Waals surface area contributed by atoms with Gasteiger partial charge in [0.25, 0.3) is 0 Å². The van der Waals surface area contributed by atoms with Crippen LogP contribution in [0.3, 0.4) is 0 Å². The minimum Gasteiger partial charge on any atom is -0.493 e. The average Bonchev–Trinajstić information content (AvgIpc) is 2.48. The van der Waals surface area contributed by atoms with E-state index in [1.54, 1.807) is 0 Å². The molecule has 0 aromatic heterocycles. The quantitative estimate of drug-likeness (QED) is 0.890. The largest absolute Gasteiger partial charge is 0.493 e. The molecule has 2 aliphatic rings. The van der Waals surface area contributed by atoms with E-state index in [-0.39, 0.29) is 0 Å². The van der Waals surface area contributed by atoms with Gasteiger partial charge in [-0.2, -0.15) is 0 Å². The van der Waals surface area contributed by atoms with Crippen LogP contribution < -0.4 is 10.1 Å². The molecule has 4 heteroatoms. The summed E-state index contributed by atoms with van der Waals surface area (Å²) in [6, 6.07) is 7.80. The average molecular weight is 275 g/mol. The molecule has 1 aromatic rings. The standard InChI is InChI=1S/C16H21NO3/c18-15(19)16(17-12-6-2-1-3-7-12)10-11-20-14-9-5-4-8-13(14)16/h4-5,8-9,12,17H,1-3,6-7,10-11H2,(H,18,19). The number of carboxylic acids is 1. The van der Waals surface area contributed by atoms with Gasteiger partial charge in [0.1, 0.15) is 11.3 Å². The van der Waals surface area contributed by atoms with Crippen LogP contribution in [0, 0.1) is 0 Å². The van der Waals surface area contributed by atoms with E-state index in [4.69, 9.17) is 4.74 Å². The molecule has 1 saturated carbocycles. The van der Waals surface area contributed by atoms with Crippen LogP contribution in [0.1, 0.15) is 44.1 Å². The third-order valence-corrected chi connectivity index (χ3v) is 4.50. The van der Waals surface area contributed by atoms with Crippen molar-refractivity contribution in [3.63, 3.8) is 0 Å². The van der Waals surface area contributed by atoms with E-state index in [0.717, 1.165) is 18.4 Å². The third kappa shape index (κ3) is 2.29. The monoisotopic (exact) mass is 275 g/mol. The second-order valence-electron chi connectivity index (χ2n) is 5.78. The van der Waals surface area contributed by atoms with Crippen LogP contribution in [-0.4, -0.2) is 23.7 Å². The maximum Gasteiger partial charge on any atom is 0.328 e. The first-order valence-corrected chi connectivity index (χ1v) is 7.46. The number of para-hydroxylation sites is 1. The molecule has 1 unspecified atom stereocenters. The Balaban J connectivity index is 1.94. The van der Waals surface area contributed by atoms with E-state index in [1.165, 1.54) is 19.3 Å². The number of hydrogen-bond acceptors (Lipinski definition) is 3.